The summed E-state index contributed by atoms with van der Waals surface area (Å²) in [4.78, 5) is 0. The molecule has 0 spiro atoms. The minimum atomic E-state index is 0.407. The second-order valence-electron chi connectivity index (χ2n) is 16.9. The van der Waals surface area contributed by atoms with Crippen LogP contribution in [-0.2, 0) is 0 Å². The van der Waals surface area contributed by atoms with Gasteiger partial charge >= 0.3 is 0 Å². The Morgan fingerprint density at radius 2 is 0.600 bits per heavy atom. The van der Waals surface area contributed by atoms with Crippen LogP contribution in [0.25, 0.3) is 0 Å². The molecule has 0 amide bonds. The highest BCUT2D eigenvalue weighted by Gasteiger charge is 2.14. The van der Waals surface area contributed by atoms with Crippen LogP contribution in [0.1, 0.15) is 249 Å². The molecule has 2 aromatic carbocycles. The van der Waals surface area contributed by atoms with E-state index in [1.165, 1.54) is 210 Å². The number of hydrogen-bond donors (Lipinski definition) is 0. The van der Waals surface area contributed by atoms with Gasteiger partial charge in [0, 0.05) is 5.92 Å². The van der Waals surface area contributed by atoms with E-state index in [4.69, 9.17) is 9.47 Å². The molecule has 3 heteroatoms. The molecule has 0 bridgehead atoms. The van der Waals surface area contributed by atoms with Gasteiger partial charge in [-0.1, -0.05) is 231 Å². The largest absolute Gasteiger partial charge is 0.494 e. The molecule has 0 N–H and O–H groups in total. The second kappa shape index (κ2) is 38.0. The van der Waals surface area contributed by atoms with Crippen LogP contribution >= 0.6 is 9.24 Å². The fourth-order valence-electron chi connectivity index (χ4n) is 8.12. The lowest BCUT2D eigenvalue weighted by Gasteiger charge is -2.19. The van der Waals surface area contributed by atoms with Crippen molar-refractivity contribution in [2.24, 2.45) is 0 Å². The second-order valence-corrected chi connectivity index (χ2v) is 17.5. The molecule has 0 fully saturated rings. The minimum Gasteiger partial charge on any atom is -0.494 e. The van der Waals surface area contributed by atoms with Gasteiger partial charge in [-0.05, 0) is 67.2 Å². The Bertz CT molecular complexity index is 969. The Balaban J connectivity index is 1.51. The van der Waals surface area contributed by atoms with Crippen molar-refractivity contribution in [3.05, 3.63) is 59.7 Å². The molecule has 0 aromatic heterocycles. The standard InChI is InChI=1S/C52H91O2P/c1-3-5-7-9-11-13-15-17-19-21-23-25-27-29-31-33-45-53-50-41-37-48(38-42-50)52(36-35-47-55)49-39-43-51(44-40-49)54-46-34-32-30-28-26-24-22-20-18-16-14-12-10-8-6-4-2/h37-44,52H,3-36,45-47,55H2,1-2H3. The van der Waals surface area contributed by atoms with Gasteiger partial charge in [0.05, 0.1) is 13.2 Å². The normalized spacial score (nSPS) is 11.5. The Hall–Kier alpha value is -1.53. The van der Waals surface area contributed by atoms with Crippen molar-refractivity contribution in [3.8, 4) is 11.5 Å². The molecule has 2 aromatic rings. The molecule has 0 aliphatic rings. The van der Waals surface area contributed by atoms with Gasteiger partial charge in [-0.15, -0.1) is 9.24 Å². The molecule has 0 aliphatic heterocycles. The van der Waals surface area contributed by atoms with Gasteiger partial charge in [-0.2, -0.15) is 0 Å². The third-order valence-corrected chi connectivity index (χ3v) is 12.2. The Labute approximate surface area is 346 Å². The molecule has 1 unspecified atom stereocenters. The van der Waals surface area contributed by atoms with Crippen LogP contribution < -0.4 is 9.47 Å². The van der Waals surface area contributed by atoms with E-state index >= 15 is 0 Å². The summed E-state index contributed by atoms with van der Waals surface area (Å²) in [5.74, 6) is 2.42. The lowest BCUT2D eigenvalue weighted by atomic mass is 9.87. The summed E-state index contributed by atoms with van der Waals surface area (Å²) < 4.78 is 12.3. The number of hydrogen-bond acceptors (Lipinski definition) is 2. The first kappa shape index (κ1) is 49.6. The lowest BCUT2D eigenvalue weighted by Crippen LogP contribution is -2.03. The fourth-order valence-corrected chi connectivity index (χ4v) is 8.36. The molecular formula is C52H91O2P. The van der Waals surface area contributed by atoms with E-state index in [-0.39, 0.29) is 0 Å². The summed E-state index contributed by atoms with van der Waals surface area (Å²) in [6, 6.07) is 17.9. The van der Waals surface area contributed by atoms with Crippen LogP contribution in [0.3, 0.4) is 0 Å². The lowest BCUT2D eigenvalue weighted by molar-refractivity contribution is 0.304. The number of benzene rings is 2. The third-order valence-electron chi connectivity index (χ3n) is 11.8. The van der Waals surface area contributed by atoms with E-state index < -0.39 is 0 Å². The highest BCUT2D eigenvalue weighted by Crippen LogP contribution is 2.32. The topological polar surface area (TPSA) is 18.5 Å². The predicted octanol–water partition coefficient (Wildman–Crippen LogP) is 17.8. The van der Waals surface area contributed by atoms with Crippen LogP contribution in [0.2, 0.25) is 0 Å². The Morgan fingerprint density at radius 3 is 0.855 bits per heavy atom. The third kappa shape index (κ3) is 28.5. The van der Waals surface area contributed by atoms with E-state index in [9.17, 15) is 0 Å². The van der Waals surface area contributed by atoms with Gasteiger partial charge in [0.25, 0.3) is 0 Å². The smallest absolute Gasteiger partial charge is 0.119 e. The molecule has 0 saturated carbocycles. The maximum atomic E-state index is 6.15. The maximum Gasteiger partial charge on any atom is 0.119 e. The van der Waals surface area contributed by atoms with Gasteiger partial charge in [0.15, 0.2) is 0 Å². The highest BCUT2D eigenvalue weighted by atomic mass is 31.0. The van der Waals surface area contributed by atoms with Crippen molar-refractivity contribution in [3.63, 3.8) is 0 Å². The van der Waals surface area contributed by atoms with E-state index in [2.05, 4.69) is 71.6 Å². The quantitative estimate of drug-likeness (QED) is 0.0494. The van der Waals surface area contributed by atoms with Crippen molar-refractivity contribution in [1.29, 1.82) is 0 Å². The van der Waals surface area contributed by atoms with Crippen molar-refractivity contribution < 1.29 is 9.47 Å². The number of rotatable bonds is 41. The van der Waals surface area contributed by atoms with Crippen LogP contribution in [0.15, 0.2) is 48.5 Å². The SMILES string of the molecule is CCCCCCCCCCCCCCCCCCOc1ccc(C(CCCP)c2ccc(OCCCCCCCCCCCCCCCCCC)cc2)cc1. The van der Waals surface area contributed by atoms with Crippen molar-refractivity contribution >= 4 is 9.24 Å². The summed E-state index contributed by atoms with van der Waals surface area (Å²) in [6.07, 6.45) is 48.3. The summed E-state index contributed by atoms with van der Waals surface area (Å²) in [7, 11) is 2.90. The zero-order valence-electron chi connectivity index (χ0n) is 36.8. The predicted molar refractivity (Wildman–Crippen MR) is 249 cm³/mol. The highest BCUT2D eigenvalue weighted by molar-refractivity contribution is 7.16. The molecular weight excluding hydrogens is 688 g/mol. The average molecular weight is 779 g/mol. The van der Waals surface area contributed by atoms with Gasteiger partial charge in [-0.25, -0.2) is 0 Å². The summed E-state index contributed by atoms with van der Waals surface area (Å²) in [6.45, 7) is 6.26. The first-order chi connectivity index (χ1) is 27.3. The monoisotopic (exact) mass is 779 g/mol. The van der Waals surface area contributed by atoms with Gasteiger partial charge in [0.1, 0.15) is 11.5 Å². The van der Waals surface area contributed by atoms with E-state index in [0.717, 1.165) is 50.1 Å². The summed E-state index contributed by atoms with van der Waals surface area (Å²) in [5, 5.41) is 0. The zero-order valence-corrected chi connectivity index (χ0v) is 37.9. The Kier molecular flexibility index (Phi) is 34.3. The van der Waals surface area contributed by atoms with Gasteiger partial charge in [-0.3, -0.25) is 0 Å². The molecule has 2 nitrogen and oxygen atoms in total. The van der Waals surface area contributed by atoms with Gasteiger partial charge < -0.3 is 9.47 Å². The van der Waals surface area contributed by atoms with Crippen molar-refractivity contribution in [2.75, 3.05) is 19.4 Å². The zero-order chi connectivity index (χ0) is 39.1. The molecule has 1 atom stereocenters. The van der Waals surface area contributed by atoms with E-state index in [1.807, 2.05) is 0 Å². The molecule has 0 radical (unpaired) electrons. The molecule has 0 heterocycles. The summed E-state index contributed by atoms with van der Waals surface area (Å²) in [5.41, 5.74) is 2.77. The first-order valence-corrected chi connectivity index (χ1v) is 25.3. The van der Waals surface area contributed by atoms with E-state index in [1.54, 1.807) is 0 Å². The van der Waals surface area contributed by atoms with E-state index in [0.29, 0.717) is 5.92 Å². The van der Waals surface area contributed by atoms with Crippen molar-refractivity contribution in [1.82, 2.24) is 0 Å². The summed E-state index contributed by atoms with van der Waals surface area (Å²) >= 11 is 0. The Morgan fingerprint density at radius 1 is 0.345 bits per heavy atom. The maximum absolute atomic E-state index is 6.15. The van der Waals surface area contributed by atoms with Crippen LogP contribution in [0.4, 0.5) is 0 Å². The fraction of sp³-hybridized carbons (Fsp3) is 0.769. The average Bonchev–Trinajstić information content (AvgIpc) is 3.21. The molecule has 0 aliphatic carbocycles. The van der Waals surface area contributed by atoms with Crippen molar-refractivity contribution in [2.45, 2.75) is 238 Å². The molecule has 316 valence electrons. The van der Waals surface area contributed by atoms with Crippen LogP contribution in [0.5, 0.6) is 11.5 Å². The van der Waals surface area contributed by atoms with Gasteiger partial charge in [0.2, 0.25) is 0 Å². The van der Waals surface area contributed by atoms with Crippen LogP contribution in [-0.4, -0.2) is 19.4 Å². The molecule has 0 saturated heterocycles. The number of ether oxygens (including phenoxy) is 2. The minimum absolute atomic E-state index is 0.407. The molecule has 55 heavy (non-hydrogen) atoms. The first-order valence-electron chi connectivity index (χ1n) is 24.4. The molecule has 2 rings (SSSR count). The number of unbranched alkanes of at least 4 members (excludes halogenated alkanes) is 30. The van der Waals surface area contributed by atoms with Crippen LogP contribution in [0, 0.1) is 0 Å².